The Labute approximate surface area is 73.8 Å². The van der Waals surface area contributed by atoms with Crippen molar-refractivity contribution in [2.75, 3.05) is 0 Å². The van der Waals surface area contributed by atoms with Crippen molar-refractivity contribution in [2.45, 2.75) is 5.85 Å². The second-order valence-corrected chi connectivity index (χ2v) is 4.12. The summed E-state index contributed by atoms with van der Waals surface area (Å²) in [6.45, 7) is 0. The lowest BCUT2D eigenvalue weighted by atomic mass is 10.3. The molecular formula is C6H8NO5P. The summed E-state index contributed by atoms with van der Waals surface area (Å²) in [6, 6.07) is 2.30. The molecule has 3 N–H and O–H groups in total. The third kappa shape index (κ3) is 2.50. The Kier molecular flexibility index (Phi) is 2.68. The highest BCUT2D eigenvalue weighted by Gasteiger charge is 2.28. The Morgan fingerprint density at radius 1 is 1.38 bits per heavy atom. The van der Waals surface area contributed by atoms with Crippen LogP contribution < -0.4 is 4.73 Å². The minimum atomic E-state index is -4.55. The van der Waals surface area contributed by atoms with E-state index in [1.54, 1.807) is 0 Å². The summed E-state index contributed by atoms with van der Waals surface area (Å²) in [5.41, 5.74) is 0.0143. The molecule has 0 aliphatic heterocycles. The van der Waals surface area contributed by atoms with Crippen molar-refractivity contribution >= 4 is 7.60 Å². The molecule has 0 aliphatic carbocycles. The van der Waals surface area contributed by atoms with E-state index in [0.717, 1.165) is 24.5 Å². The third-order valence-corrected chi connectivity index (χ3v) is 2.38. The lowest BCUT2D eigenvalue weighted by Gasteiger charge is -2.11. The predicted molar refractivity (Wildman–Crippen MR) is 42.4 cm³/mol. The molecule has 13 heavy (non-hydrogen) atoms. The summed E-state index contributed by atoms with van der Waals surface area (Å²) >= 11 is 0. The van der Waals surface area contributed by atoms with Crippen molar-refractivity contribution in [3.05, 3.63) is 35.3 Å². The third-order valence-electron chi connectivity index (χ3n) is 1.44. The molecule has 6 nitrogen and oxygen atoms in total. The molecule has 0 amide bonds. The zero-order valence-electron chi connectivity index (χ0n) is 6.44. The van der Waals surface area contributed by atoms with E-state index in [4.69, 9.17) is 14.9 Å². The standard InChI is InChI=1S/C6H8NO5P/c8-6(13(10,11)12)5-1-3-7(9)4-2-5/h1-4,6,8H,(H2,10,11,12). The van der Waals surface area contributed by atoms with Crippen molar-refractivity contribution in [2.24, 2.45) is 0 Å². The van der Waals surface area contributed by atoms with Crippen LogP contribution in [0.5, 0.6) is 0 Å². The van der Waals surface area contributed by atoms with E-state index < -0.39 is 13.4 Å². The topological polar surface area (TPSA) is 105 Å². The first-order chi connectivity index (χ1) is 5.91. The van der Waals surface area contributed by atoms with E-state index in [9.17, 15) is 9.77 Å². The summed E-state index contributed by atoms with van der Waals surface area (Å²) in [5.74, 6) is -1.87. The molecule has 1 unspecified atom stereocenters. The molecule has 0 fully saturated rings. The Balaban J connectivity index is 2.97. The number of rotatable bonds is 2. The summed E-state index contributed by atoms with van der Waals surface area (Å²) < 4.78 is 11.0. The van der Waals surface area contributed by atoms with E-state index >= 15 is 0 Å². The Morgan fingerprint density at radius 3 is 2.23 bits per heavy atom. The van der Waals surface area contributed by atoms with Crippen LogP contribution in [0.3, 0.4) is 0 Å². The zero-order valence-corrected chi connectivity index (χ0v) is 7.33. The monoisotopic (exact) mass is 205 g/mol. The van der Waals surface area contributed by atoms with Gasteiger partial charge < -0.3 is 20.1 Å². The molecule has 1 heterocycles. The number of aromatic nitrogens is 1. The van der Waals surface area contributed by atoms with Gasteiger partial charge in [-0.15, -0.1) is 0 Å². The maximum Gasteiger partial charge on any atom is 0.358 e. The van der Waals surface area contributed by atoms with Gasteiger partial charge >= 0.3 is 7.60 Å². The first-order valence-corrected chi connectivity index (χ1v) is 5.01. The lowest BCUT2D eigenvalue weighted by molar-refractivity contribution is -0.605. The van der Waals surface area contributed by atoms with Crippen LogP contribution in [0.4, 0.5) is 0 Å². The molecule has 0 radical (unpaired) electrons. The number of aliphatic hydroxyl groups is 1. The quantitative estimate of drug-likeness (QED) is 0.342. The van der Waals surface area contributed by atoms with Crippen LogP contribution in [0.15, 0.2) is 24.5 Å². The molecule has 7 heteroatoms. The van der Waals surface area contributed by atoms with Crippen LogP contribution in [0.1, 0.15) is 11.4 Å². The molecule has 1 rings (SSSR count). The highest BCUT2D eigenvalue weighted by molar-refractivity contribution is 7.51. The van der Waals surface area contributed by atoms with Crippen molar-refractivity contribution < 1.29 is 24.2 Å². The highest BCUT2D eigenvalue weighted by Crippen LogP contribution is 2.49. The fraction of sp³-hybridized carbons (Fsp3) is 0.167. The molecule has 0 spiro atoms. The number of hydrogen-bond acceptors (Lipinski definition) is 3. The Bertz CT molecular complexity index is 331. The summed E-state index contributed by atoms with van der Waals surface area (Å²) in [4.78, 5) is 17.2. The van der Waals surface area contributed by atoms with Crippen LogP contribution in [0, 0.1) is 5.21 Å². The molecule has 72 valence electrons. The normalized spacial score (nSPS) is 14.1. The molecule has 0 bridgehead atoms. The summed E-state index contributed by atoms with van der Waals surface area (Å²) in [7, 11) is -4.55. The zero-order chi connectivity index (χ0) is 10.1. The second-order valence-electron chi connectivity index (χ2n) is 2.45. The van der Waals surface area contributed by atoms with Crippen molar-refractivity contribution in [1.82, 2.24) is 0 Å². The fourth-order valence-electron chi connectivity index (χ4n) is 0.791. The van der Waals surface area contributed by atoms with Crippen LogP contribution in [0.25, 0.3) is 0 Å². The Hall–Kier alpha value is -0.940. The first-order valence-electron chi connectivity index (χ1n) is 3.33. The average Bonchev–Trinajstić information content (AvgIpc) is 2.03. The van der Waals surface area contributed by atoms with Gasteiger partial charge in [0.05, 0.1) is 0 Å². The van der Waals surface area contributed by atoms with Crippen molar-refractivity contribution in [3.63, 3.8) is 0 Å². The molecule has 0 aliphatic rings. The van der Waals surface area contributed by atoms with Crippen LogP contribution >= 0.6 is 7.60 Å². The van der Waals surface area contributed by atoms with Crippen LogP contribution in [-0.2, 0) is 4.57 Å². The fourth-order valence-corrected chi connectivity index (χ4v) is 1.35. The number of hydrogen-bond donors (Lipinski definition) is 3. The second kappa shape index (κ2) is 3.43. The van der Waals surface area contributed by atoms with Crippen molar-refractivity contribution in [1.29, 1.82) is 0 Å². The Morgan fingerprint density at radius 2 is 1.85 bits per heavy atom. The number of aliphatic hydroxyl groups excluding tert-OH is 1. The smallest absolute Gasteiger partial charge is 0.358 e. The van der Waals surface area contributed by atoms with Gasteiger partial charge in [0.2, 0.25) is 0 Å². The maximum atomic E-state index is 10.6. The molecule has 1 aromatic rings. The van der Waals surface area contributed by atoms with Gasteiger partial charge in [-0.1, -0.05) is 0 Å². The largest absolute Gasteiger partial charge is 0.619 e. The van der Waals surface area contributed by atoms with E-state index in [2.05, 4.69) is 0 Å². The minimum absolute atomic E-state index is 0.0143. The molecule has 0 saturated carbocycles. The van der Waals surface area contributed by atoms with E-state index in [1.807, 2.05) is 0 Å². The number of nitrogens with zero attached hydrogens (tertiary/aromatic N) is 1. The minimum Gasteiger partial charge on any atom is -0.619 e. The molecular weight excluding hydrogens is 197 g/mol. The van der Waals surface area contributed by atoms with Gasteiger partial charge in [0.25, 0.3) is 0 Å². The summed E-state index contributed by atoms with van der Waals surface area (Å²) in [5, 5.41) is 19.6. The van der Waals surface area contributed by atoms with Crippen molar-refractivity contribution in [3.8, 4) is 0 Å². The van der Waals surface area contributed by atoms with E-state index in [1.165, 1.54) is 0 Å². The molecule has 1 aromatic heterocycles. The van der Waals surface area contributed by atoms with E-state index in [-0.39, 0.29) is 5.56 Å². The molecule has 0 saturated heterocycles. The van der Waals surface area contributed by atoms with Gasteiger partial charge in [-0.25, -0.2) is 0 Å². The van der Waals surface area contributed by atoms with Gasteiger partial charge in [-0.2, -0.15) is 4.73 Å². The predicted octanol–water partition coefficient (Wildman–Crippen LogP) is -0.511. The van der Waals surface area contributed by atoms with Crippen LogP contribution in [0.2, 0.25) is 0 Å². The molecule has 1 atom stereocenters. The molecule has 0 aromatic carbocycles. The average molecular weight is 205 g/mol. The van der Waals surface area contributed by atoms with Gasteiger partial charge in [0.15, 0.2) is 18.2 Å². The maximum absolute atomic E-state index is 10.6. The SMILES string of the molecule is O=P(O)(O)C(O)c1cc[n+]([O-])cc1. The van der Waals surface area contributed by atoms with Gasteiger partial charge in [0, 0.05) is 17.7 Å². The first kappa shape index (κ1) is 10.1. The number of pyridine rings is 1. The van der Waals surface area contributed by atoms with Gasteiger partial charge in [0.1, 0.15) is 0 Å². The highest BCUT2D eigenvalue weighted by atomic mass is 31.2. The van der Waals surface area contributed by atoms with Gasteiger partial charge in [-0.3, -0.25) is 4.57 Å². The van der Waals surface area contributed by atoms with E-state index in [0.29, 0.717) is 4.73 Å². The van der Waals surface area contributed by atoms with Crippen LogP contribution in [-0.4, -0.2) is 14.9 Å². The lowest BCUT2D eigenvalue weighted by Crippen LogP contribution is -2.24. The summed E-state index contributed by atoms with van der Waals surface area (Å²) in [6.07, 6.45) is 2.10. The van der Waals surface area contributed by atoms with Gasteiger partial charge in [-0.05, 0) is 0 Å².